The molecule has 1 aromatic carbocycles. The molecule has 0 aliphatic rings. The van der Waals surface area contributed by atoms with Gasteiger partial charge in [-0.15, -0.1) is 0 Å². The largest absolute Gasteiger partial charge is 0.397 e. The summed E-state index contributed by atoms with van der Waals surface area (Å²) in [6.07, 6.45) is 0. The zero-order valence-corrected chi connectivity index (χ0v) is 11.2. The number of hydrogen-bond acceptors (Lipinski definition) is 5. The second-order valence-electron chi connectivity index (χ2n) is 4.12. The summed E-state index contributed by atoms with van der Waals surface area (Å²) in [5.74, 6) is 0.0956. The predicted molar refractivity (Wildman–Crippen MR) is 71.0 cm³/mol. The summed E-state index contributed by atoms with van der Waals surface area (Å²) in [7, 11) is 2.17. The van der Waals surface area contributed by atoms with Gasteiger partial charge >= 0.3 is 0 Å². The highest BCUT2D eigenvalue weighted by Gasteiger charge is 2.15. The number of nitrogens with one attached hydrogen (secondary N) is 1. The van der Waals surface area contributed by atoms with E-state index in [4.69, 9.17) is 5.73 Å². The first kappa shape index (κ1) is 13.8. The second-order valence-corrected chi connectivity index (χ2v) is 6.23. The second kappa shape index (κ2) is 5.37. The van der Waals surface area contributed by atoms with Crippen LogP contribution >= 0.6 is 0 Å². The third-order valence-corrected chi connectivity index (χ3v) is 4.15. The van der Waals surface area contributed by atoms with E-state index in [1.54, 1.807) is 19.2 Å². The van der Waals surface area contributed by atoms with Crippen molar-refractivity contribution in [2.45, 2.75) is 4.90 Å². The molecule has 6 heteroatoms. The molecule has 0 atom stereocenters. The van der Waals surface area contributed by atoms with Crippen LogP contribution in [0.2, 0.25) is 0 Å². The van der Waals surface area contributed by atoms with E-state index >= 15 is 0 Å². The van der Waals surface area contributed by atoms with Gasteiger partial charge in [0.2, 0.25) is 0 Å². The maximum absolute atomic E-state index is 12.0. The number of anilines is 2. The van der Waals surface area contributed by atoms with Crippen LogP contribution in [0.25, 0.3) is 0 Å². The summed E-state index contributed by atoms with van der Waals surface area (Å²) in [5.41, 5.74) is 6.92. The molecule has 0 aliphatic carbocycles. The van der Waals surface area contributed by atoms with Crippen LogP contribution in [-0.2, 0) is 9.84 Å². The van der Waals surface area contributed by atoms with E-state index in [0.717, 1.165) is 5.69 Å². The highest BCUT2D eigenvalue weighted by atomic mass is 32.2. The van der Waals surface area contributed by atoms with E-state index in [-0.39, 0.29) is 10.6 Å². The van der Waals surface area contributed by atoms with Crippen molar-refractivity contribution in [1.29, 1.82) is 0 Å². The van der Waals surface area contributed by atoms with Crippen molar-refractivity contribution in [1.82, 2.24) is 4.90 Å². The molecular weight excluding hydrogens is 238 g/mol. The molecule has 3 N–H and O–H groups in total. The number of nitrogens with zero attached hydrogens (tertiary/aromatic N) is 1. The van der Waals surface area contributed by atoms with Crippen LogP contribution in [-0.4, -0.2) is 46.8 Å². The average molecular weight is 257 g/mol. The van der Waals surface area contributed by atoms with Crippen LogP contribution < -0.4 is 11.1 Å². The van der Waals surface area contributed by atoms with Crippen LogP contribution in [0, 0.1) is 0 Å². The standard InChI is InChI=1S/C11H19N3O2S/c1-13-11-5-4-9(8-10(11)12)17(15,16)7-6-14(2)3/h4-5,8,13H,6-7,12H2,1-3H3. The van der Waals surface area contributed by atoms with Crippen LogP contribution in [0.4, 0.5) is 11.4 Å². The van der Waals surface area contributed by atoms with Crippen molar-refractivity contribution >= 4 is 21.2 Å². The van der Waals surface area contributed by atoms with Gasteiger partial charge in [-0.3, -0.25) is 0 Å². The maximum Gasteiger partial charge on any atom is 0.179 e. The van der Waals surface area contributed by atoms with Crippen molar-refractivity contribution in [3.05, 3.63) is 18.2 Å². The number of benzene rings is 1. The molecule has 1 aromatic rings. The van der Waals surface area contributed by atoms with Crippen molar-refractivity contribution < 1.29 is 8.42 Å². The highest BCUT2D eigenvalue weighted by Crippen LogP contribution is 2.22. The van der Waals surface area contributed by atoms with E-state index in [1.165, 1.54) is 6.07 Å². The Kier molecular flexibility index (Phi) is 4.36. The van der Waals surface area contributed by atoms with Crippen LogP contribution in [0.5, 0.6) is 0 Å². The quantitative estimate of drug-likeness (QED) is 0.757. The lowest BCUT2D eigenvalue weighted by atomic mass is 10.3. The van der Waals surface area contributed by atoms with Crippen molar-refractivity contribution in [3.63, 3.8) is 0 Å². The summed E-state index contributed by atoms with van der Waals surface area (Å²) in [5, 5.41) is 2.90. The molecule has 0 unspecified atom stereocenters. The lowest BCUT2D eigenvalue weighted by Crippen LogP contribution is -2.22. The molecule has 0 spiro atoms. The van der Waals surface area contributed by atoms with Gasteiger partial charge in [0.05, 0.1) is 22.0 Å². The molecule has 0 bridgehead atoms. The molecule has 0 radical (unpaired) electrons. The minimum Gasteiger partial charge on any atom is -0.397 e. The predicted octanol–water partition coefficient (Wildman–Crippen LogP) is 0.646. The Morgan fingerprint density at radius 2 is 2.00 bits per heavy atom. The Hall–Kier alpha value is -1.27. The molecule has 0 aromatic heterocycles. The molecule has 0 saturated heterocycles. The SMILES string of the molecule is CNc1ccc(S(=O)(=O)CCN(C)C)cc1N. The third-order valence-electron chi connectivity index (χ3n) is 2.46. The van der Waals surface area contributed by atoms with Gasteiger partial charge < -0.3 is 16.0 Å². The summed E-state index contributed by atoms with van der Waals surface area (Å²) in [6.45, 7) is 0.496. The normalized spacial score (nSPS) is 11.8. The lowest BCUT2D eigenvalue weighted by Gasteiger charge is -2.11. The molecule has 96 valence electrons. The van der Waals surface area contributed by atoms with Gasteiger partial charge in [-0.25, -0.2) is 8.42 Å². The molecule has 0 heterocycles. The molecule has 0 amide bonds. The molecular formula is C11H19N3O2S. The number of nitrogen functional groups attached to an aromatic ring is 1. The first-order chi connectivity index (χ1) is 7.86. The van der Waals surface area contributed by atoms with Gasteiger partial charge in [0, 0.05) is 13.6 Å². The fraction of sp³-hybridized carbons (Fsp3) is 0.455. The molecule has 0 aliphatic heterocycles. The van der Waals surface area contributed by atoms with E-state index in [9.17, 15) is 8.42 Å². The van der Waals surface area contributed by atoms with E-state index in [2.05, 4.69) is 5.32 Å². The van der Waals surface area contributed by atoms with Gasteiger partial charge in [-0.2, -0.15) is 0 Å². The fourth-order valence-corrected chi connectivity index (χ4v) is 2.81. The van der Waals surface area contributed by atoms with Gasteiger partial charge in [0.1, 0.15) is 0 Å². The molecule has 0 fully saturated rings. The van der Waals surface area contributed by atoms with Crippen molar-refractivity contribution in [2.75, 3.05) is 44.5 Å². The summed E-state index contributed by atoms with van der Waals surface area (Å²) < 4.78 is 24.0. The van der Waals surface area contributed by atoms with Gasteiger partial charge in [0.25, 0.3) is 0 Å². The van der Waals surface area contributed by atoms with Gasteiger partial charge in [0.15, 0.2) is 9.84 Å². The Bertz CT molecular complexity index is 483. The number of sulfone groups is 1. The summed E-state index contributed by atoms with van der Waals surface area (Å²) in [4.78, 5) is 2.11. The number of nitrogens with two attached hydrogens (primary N) is 1. The first-order valence-electron chi connectivity index (χ1n) is 5.31. The van der Waals surface area contributed by atoms with E-state index in [0.29, 0.717) is 12.2 Å². The van der Waals surface area contributed by atoms with Crippen molar-refractivity contribution in [3.8, 4) is 0 Å². The maximum atomic E-state index is 12.0. The Morgan fingerprint density at radius 3 is 2.47 bits per heavy atom. The zero-order chi connectivity index (χ0) is 13.1. The van der Waals surface area contributed by atoms with Crippen molar-refractivity contribution in [2.24, 2.45) is 0 Å². The van der Waals surface area contributed by atoms with Crippen LogP contribution in [0.3, 0.4) is 0 Å². The number of rotatable bonds is 5. The summed E-state index contributed by atoms with van der Waals surface area (Å²) in [6, 6.07) is 4.75. The summed E-state index contributed by atoms with van der Waals surface area (Å²) >= 11 is 0. The van der Waals surface area contributed by atoms with E-state index < -0.39 is 9.84 Å². The van der Waals surface area contributed by atoms with E-state index in [1.807, 2.05) is 19.0 Å². The fourth-order valence-electron chi connectivity index (χ4n) is 1.38. The Balaban J connectivity index is 2.96. The van der Waals surface area contributed by atoms with Gasteiger partial charge in [-0.05, 0) is 32.3 Å². The topological polar surface area (TPSA) is 75.4 Å². The van der Waals surface area contributed by atoms with Crippen LogP contribution in [0.15, 0.2) is 23.1 Å². The minimum absolute atomic E-state index is 0.0956. The smallest absolute Gasteiger partial charge is 0.179 e. The Morgan fingerprint density at radius 1 is 1.35 bits per heavy atom. The zero-order valence-electron chi connectivity index (χ0n) is 10.4. The molecule has 17 heavy (non-hydrogen) atoms. The molecule has 1 rings (SSSR count). The number of hydrogen-bond donors (Lipinski definition) is 2. The third kappa shape index (κ3) is 3.61. The average Bonchev–Trinajstić information content (AvgIpc) is 2.26. The minimum atomic E-state index is -3.25. The monoisotopic (exact) mass is 257 g/mol. The molecule has 0 saturated carbocycles. The highest BCUT2D eigenvalue weighted by molar-refractivity contribution is 7.91. The Labute approximate surface area is 103 Å². The van der Waals surface area contributed by atoms with Crippen LogP contribution in [0.1, 0.15) is 0 Å². The lowest BCUT2D eigenvalue weighted by molar-refractivity contribution is 0.432. The molecule has 5 nitrogen and oxygen atoms in total. The first-order valence-corrected chi connectivity index (χ1v) is 6.97. The van der Waals surface area contributed by atoms with Gasteiger partial charge in [-0.1, -0.05) is 0 Å².